The van der Waals surface area contributed by atoms with E-state index in [4.69, 9.17) is 4.42 Å². The first-order valence-corrected chi connectivity index (χ1v) is 7.57. The van der Waals surface area contributed by atoms with Crippen LogP contribution in [0.25, 0.3) is 16.5 Å². The molecule has 1 aliphatic rings. The van der Waals surface area contributed by atoms with Crippen LogP contribution < -0.4 is 5.43 Å². The lowest BCUT2D eigenvalue weighted by molar-refractivity contribution is -0.260. The molecule has 0 amide bonds. The molecule has 3 rings (SSSR count). The van der Waals surface area contributed by atoms with Crippen molar-refractivity contribution >= 4 is 16.5 Å². The normalized spacial score (nSPS) is 20.5. The van der Waals surface area contributed by atoms with Crippen LogP contribution in [-0.2, 0) is 5.21 Å². The molecule has 2 aromatic rings. The topological polar surface area (TPSA) is 73.6 Å². The Hall–Kier alpha value is -2.11. The van der Waals surface area contributed by atoms with Crippen LogP contribution in [0, 0.1) is 0 Å². The number of benzene rings is 1. The second-order valence-corrected chi connectivity index (χ2v) is 7.23. The van der Waals surface area contributed by atoms with Gasteiger partial charge in [0.1, 0.15) is 22.5 Å². The number of fused-ring (bicyclic) bond motifs is 1. The van der Waals surface area contributed by atoms with Gasteiger partial charge < -0.3 is 9.52 Å². The second kappa shape index (κ2) is 4.94. The molecule has 1 radical (unpaired) electrons. The van der Waals surface area contributed by atoms with Crippen molar-refractivity contribution < 1.29 is 14.7 Å². The zero-order chi connectivity index (χ0) is 17.0. The molecule has 121 valence electrons. The van der Waals surface area contributed by atoms with Gasteiger partial charge in [-0.2, -0.15) is 0 Å². The number of hydrogen-bond acceptors (Lipinski definition) is 4. The summed E-state index contributed by atoms with van der Waals surface area (Å²) in [5.41, 5.74) is -0.410. The summed E-state index contributed by atoms with van der Waals surface area (Å²) in [6, 6.07) is 6.13. The molecule has 0 aliphatic carbocycles. The Morgan fingerprint density at radius 2 is 1.91 bits per heavy atom. The standard InChI is InChI=1S/C18H20NO4/c1-17(2)9-11(10-18(3,4)19(17)22)15-8-13(21)16-12(20)6-5-7-14(16)23-15/h5-9,20H,10H2,1-4H3. The van der Waals surface area contributed by atoms with Crippen molar-refractivity contribution in [3.63, 3.8) is 0 Å². The highest BCUT2D eigenvalue weighted by Crippen LogP contribution is 2.40. The SMILES string of the molecule is CC1(C)C=C(c2cc(=O)c3c(O)cccc3o2)CC(C)(C)N1[O]. The Morgan fingerprint density at radius 1 is 1.22 bits per heavy atom. The van der Waals surface area contributed by atoms with Gasteiger partial charge in [0.2, 0.25) is 0 Å². The van der Waals surface area contributed by atoms with Gasteiger partial charge in [0.05, 0.1) is 5.54 Å². The van der Waals surface area contributed by atoms with E-state index in [0.717, 1.165) is 10.6 Å². The first kappa shape index (κ1) is 15.8. The van der Waals surface area contributed by atoms with Crippen molar-refractivity contribution in [3.05, 3.63) is 46.3 Å². The average Bonchev–Trinajstić information content (AvgIpc) is 2.43. The van der Waals surface area contributed by atoms with E-state index in [-0.39, 0.29) is 16.6 Å². The van der Waals surface area contributed by atoms with Gasteiger partial charge in [0.25, 0.3) is 0 Å². The van der Waals surface area contributed by atoms with Crippen LogP contribution in [0.4, 0.5) is 0 Å². The molecule has 0 unspecified atom stereocenters. The van der Waals surface area contributed by atoms with Crippen molar-refractivity contribution in [1.82, 2.24) is 5.06 Å². The van der Waals surface area contributed by atoms with Crippen molar-refractivity contribution in [2.45, 2.75) is 45.2 Å². The van der Waals surface area contributed by atoms with Crippen LogP contribution >= 0.6 is 0 Å². The van der Waals surface area contributed by atoms with Gasteiger partial charge in [0, 0.05) is 11.6 Å². The van der Waals surface area contributed by atoms with Gasteiger partial charge in [-0.3, -0.25) is 4.79 Å². The zero-order valence-electron chi connectivity index (χ0n) is 13.7. The fourth-order valence-corrected chi connectivity index (χ4v) is 3.36. The summed E-state index contributed by atoms with van der Waals surface area (Å²) in [5.74, 6) is 0.356. The molecule has 2 heterocycles. The van der Waals surface area contributed by atoms with Crippen molar-refractivity contribution in [1.29, 1.82) is 0 Å². The molecule has 5 heteroatoms. The summed E-state index contributed by atoms with van der Waals surface area (Å²) in [7, 11) is 0. The Labute approximate surface area is 134 Å². The number of hydroxylamine groups is 2. The molecule has 0 saturated heterocycles. The van der Waals surface area contributed by atoms with Gasteiger partial charge in [-0.15, -0.1) is 10.3 Å². The van der Waals surface area contributed by atoms with Crippen LogP contribution in [0.15, 0.2) is 39.6 Å². The van der Waals surface area contributed by atoms with Gasteiger partial charge >= 0.3 is 0 Å². The van der Waals surface area contributed by atoms with E-state index in [0.29, 0.717) is 17.8 Å². The van der Waals surface area contributed by atoms with Crippen LogP contribution in [0.5, 0.6) is 5.75 Å². The molecule has 5 nitrogen and oxygen atoms in total. The Balaban J connectivity index is 2.20. The lowest BCUT2D eigenvalue weighted by Gasteiger charge is -2.45. The van der Waals surface area contributed by atoms with Crippen LogP contribution in [0.2, 0.25) is 0 Å². The fraction of sp³-hybridized carbons (Fsp3) is 0.389. The molecular formula is C18H20NO4. The van der Waals surface area contributed by atoms with Gasteiger partial charge in [-0.25, -0.2) is 0 Å². The third-order valence-corrected chi connectivity index (χ3v) is 4.27. The highest BCUT2D eigenvalue weighted by molar-refractivity contribution is 5.84. The number of hydrogen-bond donors (Lipinski definition) is 1. The molecule has 0 fully saturated rings. The molecule has 1 aliphatic heterocycles. The van der Waals surface area contributed by atoms with Crippen LogP contribution in [0.3, 0.4) is 0 Å². The lowest BCUT2D eigenvalue weighted by atomic mass is 9.82. The fourth-order valence-electron chi connectivity index (χ4n) is 3.36. The van der Waals surface area contributed by atoms with Gasteiger partial charge in [0.15, 0.2) is 5.43 Å². The molecule has 0 spiro atoms. The maximum atomic E-state index is 12.4. The van der Waals surface area contributed by atoms with E-state index in [9.17, 15) is 15.1 Å². The largest absolute Gasteiger partial charge is 0.507 e. The Morgan fingerprint density at radius 3 is 2.57 bits per heavy atom. The Kier molecular flexibility index (Phi) is 3.39. The monoisotopic (exact) mass is 314 g/mol. The lowest BCUT2D eigenvalue weighted by Crippen LogP contribution is -2.54. The molecule has 1 aromatic carbocycles. The third kappa shape index (κ3) is 2.56. The highest BCUT2D eigenvalue weighted by atomic mass is 16.5. The van der Waals surface area contributed by atoms with Crippen molar-refractivity contribution in [3.8, 4) is 5.75 Å². The summed E-state index contributed by atoms with van der Waals surface area (Å²) in [6.45, 7) is 7.43. The molecule has 23 heavy (non-hydrogen) atoms. The highest BCUT2D eigenvalue weighted by Gasteiger charge is 2.42. The summed E-state index contributed by atoms with van der Waals surface area (Å²) in [6.07, 6.45) is 2.32. The third-order valence-electron chi connectivity index (χ3n) is 4.27. The molecule has 1 aromatic heterocycles. The number of aromatic hydroxyl groups is 1. The van der Waals surface area contributed by atoms with E-state index in [1.54, 1.807) is 12.1 Å². The summed E-state index contributed by atoms with van der Waals surface area (Å²) < 4.78 is 5.84. The van der Waals surface area contributed by atoms with E-state index >= 15 is 0 Å². The number of phenols is 1. The minimum atomic E-state index is -0.691. The quantitative estimate of drug-likeness (QED) is 0.874. The van der Waals surface area contributed by atoms with Crippen LogP contribution in [-0.4, -0.2) is 21.2 Å². The summed E-state index contributed by atoms with van der Waals surface area (Å²) in [4.78, 5) is 12.3. The summed E-state index contributed by atoms with van der Waals surface area (Å²) >= 11 is 0. The van der Waals surface area contributed by atoms with E-state index in [2.05, 4.69) is 0 Å². The molecular weight excluding hydrogens is 294 g/mol. The van der Waals surface area contributed by atoms with E-state index in [1.165, 1.54) is 12.1 Å². The second-order valence-electron chi connectivity index (χ2n) is 7.23. The average molecular weight is 314 g/mol. The zero-order valence-corrected chi connectivity index (χ0v) is 13.7. The maximum absolute atomic E-state index is 12.4. The van der Waals surface area contributed by atoms with E-state index < -0.39 is 11.1 Å². The van der Waals surface area contributed by atoms with Crippen molar-refractivity contribution in [2.75, 3.05) is 0 Å². The van der Waals surface area contributed by atoms with Gasteiger partial charge in [-0.1, -0.05) is 12.1 Å². The smallest absolute Gasteiger partial charge is 0.197 e. The minimum Gasteiger partial charge on any atom is -0.507 e. The molecule has 0 saturated carbocycles. The minimum absolute atomic E-state index is 0.0909. The number of nitrogens with zero attached hydrogens (tertiary/aromatic N) is 1. The first-order chi connectivity index (χ1) is 10.6. The predicted octanol–water partition coefficient (Wildman–Crippen LogP) is 3.49. The summed E-state index contributed by atoms with van der Waals surface area (Å²) in [5, 5.41) is 23.5. The number of phenolic OH excluding ortho intramolecular Hbond substituents is 1. The Bertz CT molecular complexity index is 861. The molecule has 0 atom stereocenters. The predicted molar refractivity (Wildman–Crippen MR) is 87.4 cm³/mol. The number of rotatable bonds is 1. The first-order valence-electron chi connectivity index (χ1n) is 7.57. The van der Waals surface area contributed by atoms with Crippen molar-refractivity contribution in [2.24, 2.45) is 0 Å². The van der Waals surface area contributed by atoms with Crippen LogP contribution in [0.1, 0.15) is 39.9 Å². The molecule has 1 N–H and O–H groups in total. The van der Waals surface area contributed by atoms with E-state index in [1.807, 2.05) is 33.8 Å². The van der Waals surface area contributed by atoms with Gasteiger partial charge in [-0.05, 0) is 51.8 Å². The maximum Gasteiger partial charge on any atom is 0.197 e. The molecule has 0 bridgehead atoms.